The zero-order valence-electron chi connectivity index (χ0n) is 11.1. The molecule has 2 aromatic carbocycles. The van der Waals surface area contributed by atoms with Crippen LogP contribution in [0.2, 0.25) is 5.02 Å². The van der Waals surface area contributed by atoms with E-state index in [0.29, 0.717) is 0 Å². The van der Waals surface area contributed by atoms with E-state index in [1.807, 2.05) is 42.5 Å². The van der Waals surface area contributed by atoms with E-state index in [0.717, 1.165) is 23.6 Å². The molecule has 0 saturated carbocycles. The average molecular weight is 289 g/mol. The summed E-state index contributed by atoms with van der Waals surface area (Å²) in [5.41, 5.74) is 5.36. The van der Waals surface area contributed by atoms with Crippen LogP contribution >= 0.6 is 11.6 Å². The number of hydroxylamine groups is 1. The van der Waals surface area contributed by atoms with Crippen LogP contribution in [0.5, 0.6) is 0 Å². The molecule has 2 atom stereocenters. The topological polar surface area (TPSA) is 33.3 Å². The van der Waals surface area contributed by atoms with Crippen LogP contribution in [0.1, 0.15) is 24.4 Å². The lowest BCUT2D eigenvalue weighted by molar-refractivity contribution is -0.0675. The SMILES string of the molecule is Clc1cccc(NC2CCC(c3ccccc3)NO2)c1. The third kappa shape index (κ3) is 3.31. The normalized spacial score (nSPS) is 22.4. The van der Waals surface area contributed by atoms with E-state index in [-0.39, 0.29) is 12.3 Å². The van der Waals surface area contributed by atoms with Gasteiger partial charge in [-0.25, -0.2) is 0 Å². The van der Waals surface area contributed by atoms with Crippen LogP contribution in [-0.2, 0) is 4.84 Å². The highest BCUT2D eigenvalue weighted by Gasteiger charge is 2.22. The maximum atomic E-state index is 5.97. The summed E-state index contributed by atoms with van der Waals surface area (Å²) in [6, 6.07) is 18.3. The summed E-state index contributed by atoms with van der Waals surface area (Å²) in [6.45, 7) is 0. The predicted molar refractivity (Wildman–Crippen MR) is 81.5 cm³/mol. The lowest BCUT2D eigenvalue weighted by Crippen LogP contribution is -2.38. The van der Waals surface area contributed by atoms with E-state index >= 15 is 0 Å². The van der Waals surface area contributed by atoms with Gasteiger partial charge in [0.2, 0.25) is 0 Å². The van der Waals surface area contributed by atoms with Crippen molar-refractivity contribution in [1.29, 1.82) is 0 Å². The van der Waals surface area contributed by atoms with Gasteiger partial charge in [-0.1, -0.05) is 48.0 Å². The number of halogens is 1. The van der Waals surface area contributed by atoms with E-state index in [2.05, 4.69) is 22.9 Å². The third-order valence-corrected chi connectivity index (χ3v) is 3.66. The van der Waals surface area contributed by atoms with Crippen molar-refractivity contribution in [3.8, 4) is 0 Å². The number of rotatable bonds is 3. The molecule has 2 N–H and O–H groups in total. The summed E-state index contributed by atoms with van der Waals surface area (Å²) < 4.78 is 0. The molecule has 2 aromatic rings. The minimum atomic E-state index is -0.0339. The lowest BCUT2D eigenvalue weighted by atomic mass is 10.0. The van der Waals surface area contributed by atoms with Crippen LogP contribution in [0, 0.1) is 0 Å². The first-order chi connectivity index (χ1) is 9.81. The van der Waals surface area contributed by atoms with E-state index in [1.54, 1.807) is 0 Å². The van der Waals surface area contributed by atoms with Gasteiger partial charge < -0.3 is 5.32 Å². The Labute approximate surface area is 123 Å². The Kier molecular flexibility index (Phi) is 4.21. The lowest BCUT2D eigenvalue weighted by Gasteiger charge is -2.30. The second-order valence-corrected chi connectivity index (χ2v) is 5.36. The van der Waals surface area contributed by atoms with Crippen LogP contribution in [0.4, 0.5) is 5.69 Å². The van der Waals surface area contributed by atoms with Crippen molar-refractivity contribution in [2.45, 2.75) is 25.1 Å². The molecule has 1 aliphatic heterocycles. The summed E-state index contributed by atoms with van der Waals surface area (Å²) in [5, 5.41) is 4.05. The van der Waals surface area contributed by atoms with Gasteiger partial charge in [0.1, 0.15) is 6.23 Å². The monoisotopic (exact) mass is 288 g/mol. The fraction of sp³-hybridized carbons (Fsp3) is 0.250. The van der Waals surface area contributed by atoms with Crippen molar-refractivity contribution < 1.29 is 4.84 Å². The molecule has 2 unspecified atom stereocenters. The Balaban J connectivity index is 1.56. The molecule has 1 aliphatic rings. The van der Waals surface area contributed by atoms with Gasteiger partial charge in [0, 0.05) is 10.7 Å². The molecule has 0 radical (unpaired) electrons. The number of nitrogens with one attached hydrogen (secondary N) is 2. The second kappa shape index (κ2) is 6.27. The van der Waals surface area contributed by atoms with Gasteiger partial charge >= 0.3 is 0 Å². The van der Waals surface area contributed by atoms with Crippen molar-refractivity contribution in [3.63, 3.8) is 0 Å². The number of anilines is 1. The summed E-state index contributed by atoms with van der Waals surface area (Å²) >= 11 is 5.97. The first kappa shape index (κ1) is 13.4. The average Bonchev–Trinajstić information content (AvgIpc) is 2.49. The summed E-state index contributed by atoms with van der Waals surface area (Å²) in [6.07, 6.45) is 1.94. The van der Waals surface area contributed by atoms with Gasteiger partial charge in [-0.05, 0) is 36.6 Å². The van der Waals surface area contributed by atoms with E-state index in [1.165, 1.54) is 5.56 Å². The molecule has 1 fully saturated rings. The molecule has 0 aromatic heterocycles. The van der Waals surface area contributed by atoms with E-state index < -0.39 is 0 Å². The highest BCUT2D eigenvalue weighted by molar-refractivity contribution is 6.30. The Bertz CT molecular complexity index is 553. The first-order valence-corrected chi connectivity index (χ1v) is 7.17. The molecule has 0 amide bonds. The Morgan fingerprint density at radius 1 is 1.05 bits per heavy atom. The quantitative estimate of drug-likeness (QED) is 0.891. The summed E-state index contributed by atoms with van der Waals surface area (Å²) in [7, 11) is 0. The fourth-order valence-corrected chi connectivity index (χ4v) is 2.58. The molecule has 1 heterocycles. The molecule has 0 bridgehead atoms. The van der Waals surface area contributed by atoms with E-state index in [9.17, 15) is 0 Å². The molecule has 20 heavy (non-hydrogen) atoms. The largest absolute Gasteiger partial charge is 0.359 e. The van der Waals surface area contributed by atoms with Gasteiger partial charge in [-0.15, -0.1) is 0 Å². The van der Waals surface area contributed by atoms with E-state index in [4.69, 9.17) is 16.4 Å². The summed E-state index contributed by atoms with van der Waals surface area (Å²) in [4.78, 5) is 5.68. The Hall–Kier alpha value is -1.55. The highest BCUT2D eigenvalue weighted by Crippen LogP contribution is 2.25. The van der Waals surface area contributed by atoms with Crippen molar-refractivity contribution in [3.05, 3.63) is 65.2 Å². The molecular formula is C16H17ClN2O. The Morgan fingerprint density at radius 2 is 1.90 bits per heavy atom. The standard InChI is InChI=1S/C16H17ClN2O/c17-13-7-4-8-14(11-13)18-16-10-9-15(19-20-16)12-5-2-1-3-6-12/h1-8,11,15-16,18-19H,9-10H2. The number of hydrogen-bond acceptors (Lipinski definition) is 3. The van der Waals surface area contributed by atoms with Crippen LogP contribution in [0.15, 0.2) is 54.6 Å². The molecule has 1 saturated heterocycles. The van der Waals surface area contributed by atoms with Gasteiger partial charge in [-0.2, -0.15) is 5.48 Å². The molecule has 0 spiro atoms. The molecule has 0 aliphatic carbocycles. The van der Waals surface area contributed by atoms with Gasteiger partial charge in [0.15, 0.2) is 0 Å². The van der Waals surface area contributed by atoms with Crippen molar-refractivity contribution in [2.75, 3.05) is 5.32 Å². The summed E-state index contributed by atoms with van der Waals surface area (Å²) in [5.74, 6) is 0. The van der Waals surface area contributed by atoms with Crippen LogP contribution in [0.25, 0.3) is 0 Å². The molecular weight excluding hydrogens is 272 g/mol. The Morgan fingerprint density at radius 3 is 2.60 bits per heavy atom. The number of hydrogen-bond donors (Lipinski definition) is 2. The van der Waals surface area contributed by atoms with Crippen LogP contribution in [-0.4, -0.2) is 6.23 Å². The zero-order valence-corrected chi connectivity index (χ0v) is 11.8. The maximum absolute atomic E-state index is 5.97. The van der Waals surface area contributed by atoms with Gasteiger partial charge in [-0.3, -0.25) is 4.84 Å². The van der Waals surface area contributed by atoms with Crippen molar-refractivity contribution >= 4 is 17.3 Å². The van der Waals surface area contributed by atoms with Crippen LogP contribution in [0.3, 0.4) is 0 Å². The first-order valence-electron chi connectivity index (χ1n) is 6.79. The highest BCUT2D eigenvalue weighted by atomic mass is 35.5. The fourth-order valence-electron chi connectivity index (χ4n) is 2.39. The van der Waals surface area contributed by atoms with Crippen LogP contribution < -0.4 is 10.8 Å². The van der Waals surface area contributed by atoms with Gasteiger partial charge in [0.25, 0.3) is 0 Å². The zero-order chi connectivity index (χ0) is 13.8. The minimum Gasteiger partial charge on any atom is -0.359 e. The van der Waals surface area contributed by atoms with Crippen molar-refractivity contribution in [2.24, 2.45) is 0 Å². The molecule has 4 heteroatoms. The van der Waals surface area contributed by atoms with Crippen molar-refractivity contribution in [1.82, 2.24) is 5.48 Å². The molecule has 104 valence electrons. The smallest absolute Gasteiger partial charge is 0.148 e. The van der Waals surface area contributed by atoms with Gasteiger partial charge in [0.05, 0.1) is 6.04 Å². The second-order valence-electron chi connectivity index (χ2n) is 4.92. The third-order valence-electron chi connectivity index (χ3n) is 3.42. The maximum Gasteiger partial charge on any atom is 0.148 e. The molecule has 3 rings (SSSR count). The molecule has 3 nitrogen and oxygen atoms in total. The minimum absolute atomic E-state index is 0.0339. The number of benzene rings is 2. The predicted octanol–water partition coefficient (Wildman–Crippen LogP) is 4.13.